The number of nitrogen functional groups attached to an aromatic ring is 1. The second kappa shape index (κ2) is 6.76. The van der Waals surface area contributed by atoms with Crippen molar-refractivity contribution < 1.29 is 9.53 Å². The summed E-state index contributed by atoms with van der Waals surface area (Å²) in [6.45, 7) is 1.85. The number of hydrazone groups is 1. The topological polar surface area (TPSA) is 67.9 Å². The van der Waals surface area contributed by atoms with E-state index in [9.17, 15) is 4.79 Å². The Bertz CT molecular complexity index is 693. The van der Waals surface area contributed by atoms with Crippen molar-refractivity contribution in [3.05, 3.63) is 59.7 Å². The minimum atomic E-state index is -0.244. The third-order valence-electron chi connectivity index (χ3n) is 3.29. The van der Waals surface area contributed by atoms with Crippen molar-refractivity contribution in [1.29, 1.82) is 0 Å². The number of rotatable bonds is 4. The van der Waals surface area contributed by atoms with E-state index in [1.54, 1.807) is 38.4 Å². The fourth-order valence-corrected chi connectivity index (χ4v) is 2.03. The first-order valence-corrected chi connectivity index (χ1v) is 6.85. The number of hydrogen-bond acceptors (Lipinski definition) is 4. The van der Waals surface area contributed by atoms with Gasteiger partial charge in [0.15, 0.2) is 0 Å². The standard InChI is InChI=1S/C17H19N3O2/c1-12(13-8-10-14(22-3)11-9-13)19-20(2)17(21)15-6-4-5-7-16(15)18/h4-11H,18H2,1-3H3/b19-12-. The Labute approximate surface area is 130 Å². The lowest BCUT2D eigenvalue weighted by atomic mass is 10.1. The molecule has 5 nitrogen and oxygen atoms in total. The van der Waals surface area contributed by atoms with Gasteiger partial charge in [0.25, 0.3) is 5.91 Å². The maximum absolute atomic E-state index is 12.4. The summed E-state index contributed by atoms with van der Waals surface area (Å²) in [5.74, 6) is 0.531. The molecule has 0 atom stereocenters. The fourth-order valence-electron chi connectivity index (χ4n) is 2.03. The second-order valence-electron chi connectivity index (χ2n) is 4.83. The van der Waals surface area contributed by atoms with Crippen LogP contribution in [0.3, 0.4) is 0 Å². The Hall–Kier alpha value is -2.82. The fraction of sp³-hybridized carbons (Fsp3) is 0.176. The number of methoxy groups -OCH3 is 1. The van der Waals surface area contributed by atoms with Crippen molar-refractivity contribution in [3.63, 3.8) is 0 Å². The second-order valence-corrected chi connectivity index (χ2v) is 4.83. The smallest absolute Gasteiger partial charge is 0.275 e. The highest BCUT2D eigenvalue weighted by Crippen LogP contribution is 2.15. The molecule has 0 spiro atoms. The van der Waals surface area contributed by atoms with Gasteiger partial charge in [0.1, 0.15) is 5.75 Å². The maximum Gasteiger partial charge on any atom is 0.275 e. The number of para-hydroxylation sites is 1. The van der Waals surface area contributed by atoms with E-state index < -0.39 is 0 Å². The molecular weight excluding hydrogens is 278 g/mol. The van der Waals surface area contributed by atoms with Crippen LogP contribution in [0.1, 0.15) is 22.8 Å². The number of hydrogen-bond donors (Lipinski definition) is 1. The molecule has 2 aromatic rings. The molecule has 2 N–H and O–H groups in total. The van der Waals surface area contributed by atoms with Gasteiger partial charge in [-0.1, -0.05) is 12.1 Å². The molecule has 0 bridgehead atoms. The molecule has 2 rings (SSSR count). The molecule has 0 saturated heterocycles. The molecule has 0 aliphatic rings. The van der Waals surface area contributed by atoms with Crippen molar-refractivity contribution in [3.8, 4) is 5.75 Å². The van der Waals surface area contributed by atoms with Crippen molar-refractivity contribution in [1.82, 2.24) is 5.01 Å². The van der Waals surface area contributed by atoms with Crippen LogP contribution in [0.25, 0.3) is 0 Å². The van der Waals surface area contributed by atoms with Crippen molar-refractivity contribution >= 4 is 17.3 Å². The molecule has 0 aliphatic carbocycles. The van der Waals surface area contributed by atoms with Crippen molar-refractivity contribution in [2.75, 3.05) is 19.9 Å². The van der Waals surface area contributed by atoms with Crippen LogP contribution >= 0.6 is 0 Å². The summed E-state index contributed by atoms with van der Waals surface area (Å²) in [7, 11) is 3.23. The average molecular weight is 297 g/mol. The van der Waals surface area contributed by atoms with Crippen LogP contribution in [0, 0.1) is 0 Å². The van der Waals surface area contributed by atoms with Crippen LogP contribution < -0.4 is 10.5 Å². The Morgan fingerprint density at radius 3 is 2.36 bits per heavy atom. The summed E-state index contributed by atoms with van der Waals surface area (Å²) in [6, 6.07) is 14.4. The third-order valence-corrected chi connectivity index (χ3v) is 3.29. The van der Waals surface area contributed by atoms with Gasteiger partial charge in [0.2, 0.25) is 0 Å². The van der Waals surface area contributed by atoms with Gasteiger partial charge >= 0.3 is 0 Å². The molecule has 2 aromatic carbocycles. The molecule has 0 heterocycles. The largest absolute Gasteiger partial charge is 0.497 e. The molecule has 0 aliphatic heterocycles. The summed E-state index contributed by atoms with van der Waals surface area (Å²) >= 11 is 0. The maximum atomic E-state index is 12.4. The van der Waals surface area contributed by atoms with Gasteiger partial charge in [-0.3, -0.25) is 4.79 Å². The molecule has 114 valence electrons. The van der Waals surface area contributed by atoms with E-state index in [-0.39, 0.29) is 5.91 Å². The lowest BCUT2D eigenvalue weighted by molar-refractivity contribution is 0.0800. The minimum absolute atomic E-state index is 0.244. The Kier molecular flexibility index (Phi) is 4.78. The Morgan fingerprint density at radius 2 is 1.77 bits per heavy atom. The number of nitrogens with zero attached hydrogens (tertiary/aromatic N) is 2. The van der Waals surface area contributed by atoms with Gasteiger partial charge in [-0.05, 0) is 48.9 Å². The zero-order chi connectivity index (χ0) is 16.1. The molecule has 0 unspecified atom stereocenters. The number of carbonyl (C=O) groups excluding carboxylic acids is 1. The molecule has 1 amide bonds. The summed E-state index contributed by atoms with van der Waals surface area (Å²) in [5.41, 5.74) is 8.35. The van der Waals surface area contributed by atoms with E-state index in [0.29, 0.717) is 11.3 Å². The van der Waals surface area contributed by atoms with Crippen molar-refractivity contribution in [2.45, 2.75) is 6.92 Å². The highest BCUT2D eigenvalue weighted by molar-refractivity contribution is 6.02. The predicted octanol–water partition coefficient (Wildman–Crippen LogP) is 2.77. The molecule has 5 heteroatoms. The molecule has 22 heavy (non-hydrogen) atoms. The van der Waals surface area contributed by atoms with Crippen LogP contribution in [0.4, 0.5) is 5.69 Å². The predicted molar refractivity (Wildman–Crippen MR) is 88.2 cm³/mol. The van der Waals surface area contributed by atoms with E-state index in [4.69, 9.17) is 10.5 Å². The SMILES string of the molecule is COc1ccc(/C(C)=N\N(C)C(=O)c2ccccc2N)cc1. The van der Waals surface area contributed by atoms with Gasteiger partial charge in [0.05, 0.1) is 18.4 Å². The summed E-state index contributed by atoms with van der Waals surface area (Å²) < 4.78 is 5.12. The van der Waals surface area contributed by atoms with Crippen LogP contribution in [-0.2, 0) is 0 Å². The highest BCUT2D eigenvalue weighted by atomic mass is 16.5. The quantitative estimate of drug-likeness (QED) is 0.536. The molecule has 0 radical (unpaired) electrons. The van der Waals surface area contributed by atoms with E-state index in [1.807, 2.05) is 31.2 Å². The Balaban J connectivity index is 2.20. The summed E-state index contributed by atoms with van der Waals surface area (Å²) in [4.78, 5) is 12.4. The number of carbonyl (C=O) groups is 1. The van der Waals surface area contributed by atoms with Crippen LogP contribution in [-0.4, -0.2) is 30.8 Å². The lowest BCUT2D eigenvalue weighted by Crippen LogP contribution is -2.23. The number of anilines is 1. The van der Waals surface area contributed by atoms with Crippen molar-refractivity contribution in [2.24, 2.45) is 5.10 Å². The first kappa shape index (κ1) is 15.6. The minimum Gasteiger partial charge on any atom is -0.497 e. The Morgan fingerprint density at radius 1 is 1.14 bits per heavy atom. The van der Waals surface area contributed by atoms with Gasteiger partial charge in [-0.25, -0.2) is 5.01 Å². The number of ether oxygens (including phenoxy) is 1. The summed E-state index contributed by atoms with van der Waals surface area (Å²) in [5, 5.41) is 5.62. The molecule has 0 saturated carbocycles. The van der Waals surface area contributed by atoms with Crippen LogP contribution in [0.2, 0.25) is 0 Å². The van der Waals surface area contributed by atoms with E-state index in [1.165, 1.54) is 5.01 Å². The molecular formula is C17H19N3O2. The monoisotopic (exact) mass is 297 g/mol. The van der Waals surface area contributed by atoms with Crippen LogP contribution in [0.15, 0.2) is 53.6 Å². The van der Waals surface area contributed by atoms with Gasteiger partial charge < -0.3 is 10.5 Å². The number of nitrogens with two attached hydrogens (primary N) is 1. The zero-order valence-electron chi connectivity index (χ0n) is 12.9. The van der Waals surface area contributed by atoms with Gasteiger partial charge in [0, 0.05) is 12.7 Å². The number of amides is 1. The highest BCUT2D eigenvalue weighted by Gasteiger charge is 2.14. The van der Waals surface area contributed by atoms with Crippen LogP contribution in [0.5, 0.6) is 5.75 Å². The summed E-state index contributed by atoms with van der Waals surface area (Å²) in [6.07, 6.45) is 0. The van der Waals surface area contributed by atoms with Gasteiger partial charge in [-0.2, -0.15) is 5.10 Å². The first-order valence-electron chi connectivity index (χ1n) is 6.85. The lowest BCUT2D eigenvalue weighted by Gasteiger charge is -2.14. The van der Waals surface area contributed by atoms with E-state index >= 15 is 0 Å². The number of benzene rings is 2. The molecule has 0 fully saturated rings. The zero-order valence-corrected chi connectivity index (χ0v) is 12.9. The first-order chi connectivity index (χ1) is 10.5. The third kappa shape index (κ3) is 3.44. The van der Waals surface area contributed by atoms with Gasteiger partial charge in [-0.15, -0.1) is 0 Å². The van der Waals surface area contributed by atoms with E-state index in [2.05, 4.69) is 5.10 Å². The normalized spacial score (nSPS) is 11.1. The molecule has 0 aromatic heterocycles. The van der Waals surface area contributed by atoms with E-state index in [0.717, 1.165) is 17.0 Å². The average Bonchev–Trinajstić information content (AvgIpc) is 2.54.